The number of amidine groups is 1. The predicted octanol–water partition coefficient (Wildman–Crippen LogP) is 0.178. The summed E-state index contributed by atoms with van der Waals surface area (Å²) in [4.78, 5) is 9.41. The Bertz CT molecular complexity index is 341. The zero-order chi connectivity index (χ0) is 11.6. The molecule has 1 atom stereocenters. The van der Waals surface area contributed by atoms with Crippen molar-refractivity contribution in [1.82, 2.24) is 15.9 Å². The van der Waals surface area contributed by atoms with Gasteiger partial charge in [-0.2, -0.15) is 0 Å². The molecule has 4 N–H and O–H groups in total. The molecule has 6 nitrogen and oxygen atoms in total. The normalized spacial score (nSPS) is 29.1. The molecule has 0 aromatic rings. The molecule has 16 heavy (non-hydrogen) atoms. The van der Waals surface area contributed by atoms with Gasteiger partial charge in [-0.25, -0.2) is 4.99 Å². The average Bonchev–Trinajstić information content (AvgIpc) is 2.69. The Morgan fingerprint density at radius 1 is 1.69 bits per heavy atom. The Balaban J connectivity index is 2.19. The third-order valence-electron chi connectivity index (χ3n) is 2.37. The molecular weight excluding hydrogens is 206 g/mol. The highest BCUT2D eigenvalue weighted by Crippen LogP contribution is 2.23. The van der Waals surface area contributed by atoms with Crippen LogP contribution >= 0.6 is 0 Å². The number of hydrogen-bond acceptors (Lipinski definition) is 6. The van der Waals surface area contributed by atoms with Crippen molar-refractivity contribution >= 4 is 5.84 Å². The maximum atomic E-state index is 5.78. The Morgan fingerprint density at radius 2 is 2.50 bits per heavy atom. The first-order valence-corrected chi connectivity index (χ1v) is 5.28. The van der Waals surface area contributed by atoms with E-state index in [9.17, 15) is 0 Å². The minimum atomic E-state index is -0.497. The maximum absolute atomic E-state index is 5.78. The molecule has 88 valence electrons. The highest BCUT2D eigenvalue weighted by atomic mass is 16.7. The van der Waals surface area contributed by atoms with Gasteiger partial charge in [-0.3, -0.25) is 10.7 Å². The van der Waals surface area contributed by atoms with Crippen LogP contribution in [0.15, 0.2) is 29.7 Å². The summed E-state index contributed by atoms with van der Waals surface area (Å²) in [5.41, 5.74) is 8.28. The second-order valence-corrected chi connectivity index (χ2v) is 4.17. The van der Waals surface area contributed by atoms with Gasteiger partial charge in [0, 0.05) is 18.7 Å². The van der Waals surface area contributed by atoms with E-state index in [0.29, 0.717) is 18.3 Å². The molecule has 0 amide bonds. The van der Waals surface area contributed by atoms with E-state index in [2.05, 4.69) is 29.6 Å². The van der Waals surface area contributed by atoms with E-state index in [4.69, 9.17) is 10.6 Å². The number of nitrogens with one attached hydrogen (secondary N) is 2. The van der Waals surface area contributed by atoms with Gasteiger partial charge < -0.3 is 10.6 Å². The van der Waals surface area contributed by atoms with E-state index in [0.717, 1.165) is 0 Å². The molecule has 6 heteroatoms. The summed E-state index contributed by atoms with van der Waals surface area (Å²) in [6, 6.07) is 0.293. The van der Waals surface area contributed by atoms with Crippen LogP contribution < -0.4 is 16.5 Å². The van der Waals surface area contributed by atoms with Gasteiger partial charge in [-0.15, -0.1) is 0 Å². The molecule has 0 spiro atoms. The Morgan fingerprint density at radius 3 is 3.06 bits per heavy atom. The topological polar surface area (TPSA) is 74.9 Å². The molecule has 0 aliphatic carbocycles. The molecule has 1 unspecified atom stereocenters. The Labute approximate surface area is 94.8 Å². The standard InChI is InChI=1S/C10H17N5O/c1-8(2)14-10(15-13-5-6-16-15)3-4-12-9(11)7-10/h3-6,8,13-14H,7H2,1-2H3,(H2,11,12). The molecule has 0 aromatic carbocycles. The molecule has 2 heterocycles. The predicted molar refractivity (Wildman–Crippen MR) is 61.6 cm³/mol. The fraction of sp³-hybridized carbons (Fsp3) is 0.500. The van der Waals surface area contributed by atoms with Gasteiger partial charge in [-0.05, 0) is 25.1 Å². The summed E-state index contributed by atoms with van der Waals surface area (Å²) < 4.78 is 0. The van der Waals surface area contributed by atoms with Crippen LogP contribution in [0.5, 0.6) is 0 Å². The van der Waals surface area contributed by atoms with E-state index < -0.39 is 5.66 Å². The minimum absolute atomic E-state index is 0.293. The van der Waals surface area contributed by atoms with Crippen molar-refractivity contribution in [1.29, 1.82) is 0 Å². The van der Waals surface area contributed by atoms with Crippen molar-refractivity contribution in [3.63, 3.8) is 0 Å². The van der Waals surface area contributed by atoms with Gasteiger partial charge in [0.1, 0.15) is 12.1 Å². The molecule has 2 aliphatic rings. The number of hydrogen-bond donors (Lipinski definition) is 3. The van der Waals surface area contributed by atoms with Crippen molar-refractivity contribution in [2.75, 3.05) is 0 Å². The lowest BCUT2D eigenvalue weighted by Gasteiger charge is -2.40. The lowest BCUT2D eigenvalue weighted by molar-refractivity contribution is -0.186. The SMILES string of the molecule is CC(C)NC1(N2NC=CO2)C=CN=C(N)C1. The van der Waals surface area contributed by atoms with Gasteiger partial charge in [0.15, 0.2) is 5.66 Å². The molecule has 2 aliphatic heterocycles. The smallest absolute Gasteiger partial charge is 0.155 e. The summed E-state index contributed by atoms with van der Waals surface area (Å²) >= 11 is 0. The molecule has 0 fully saturated rings. The second-order valence-electron chi connectivity index (χ2n) is 4.17. The first-order chi connectivity index (χ1) is 7.62. The van der Waals surface area contributed by atoms with E-state index >= 15 is 0 Å². The molecule has 0 radical (unpaired) electrons. The van der Waals surface area contributed by atoms with E-state index in [1.165, 1.54) is 0 Å². The van der Waals surface area contributed by atoms with Crippen molar-refractivity contribution in [3.8, 4) is 0 Å². The molecule has 0 saturated heterocycles. The largest absolute Gasteiger partial charge is 0.390 e. The minimum Gasteiger partial charge on any atom is -0.390 e. The molecule has 2 rings (SSSR count). The zero-order valence-corrected chi connectivity index (χ0v) is 9.47. The number of hydroxylamine groups is 1. The van der Waals surface area contributed by atoms with Crippen molar-refractivity contribution in [2.45, 2.75) is 32.0 Å². The van der Waals surface area contributed by atoms with Crippen LogP contribution in [0.4, 0.5) is 0 Å². The Kier molecular flexibility index (Phi) is 2.84. The molecule has 0 saturated carbocycles. The highest BCUT2D eigenvalue weighted by molar-refractivity contribution is 5.83. The van der Waals surface area contributed by atoms with Crippen LogP contribution in [-0.2, 0) is 4.84 Å². The van der Waals surface area contributed by atoms with Crippen LogP contribution in [0, 0.1) is 0 Å². The zero-order valence-electron chi connectivity index (χ0n) is 9.47. The third kappa shape index (κ3) is 2.02. The maximum Gasteiger partial charge on any atom is 0.155 e. The van der Waals surface area contributed by atoms with Gasteiger partial charge in [-0.1, -0.05) is 0 Å². The van der Waals surface area contributed by atoms with Crippen LogP contribution in [0.1, 0.15) is 20.3 Å². The number of nitrogens with two attached hydrogens (primary N) is 1. The summed E-state index contributed by atoms with van der Waals surface area (Å²) in [5.74, 6) is 0.577. The molecule has 0 bridgehead atoms. The summed E-state index contributed by atoms with van der Waals surface area (Å²) in [5, 5.41) is 5.05. The van der Waals surface area contributed by atoms with Crippen molar-refractivity contribution in [3.05, 3.63) is 24.7 Å². The molecular formula is C10H17N5O. The molecule has 0 aromatic heterocycles. The Hall–Kier alpha value is -1.53. The monoisotopic (exact) mass is 223 g/mol. The average molecular weight is 223 g/mol. The van der Waals surface area contributed by atoms with Gasteiger partial charge in [0.2, 0.25) is 0 Å². The van der Waals surface area contributed by atoms with Crippen LogP contribution in [-0.4, -0.2) is 22.7 Å². The van der Waals surface area contributed by atoms with Gasteiger partial charge >= 0.3 is 0 Å². The number of nitrogens with zero attached hydrogens (tertiary/aromatic N) is 2. The number of aliphatic imine (C=N–C) groups is 1. The quantitative estimate of drug-likeness (QED) is 0.636. The fourth-order valence-electron chi connectivity index (χ4n) is 1.86. The van der Waals surface area contributed by atoms with Crippen molar-refractivity contribution < 1.29 is 4.84 Å². The lowest BCUT2D eigenvalue weighted by atomic mass is 10.0. The highest BCUT2D eigenvalue weighted by Gasteiger charge is 2.40. The van der Waals surface area contributed by atoms with E-state index in [-0.39, 0.29) is 0 Å². The van der Waals surface area contributed by atoms with Crippen LogP contribution in [0.25, 0.3) is 0 Å². The van der Waals surface area contributed by atoms with Crippen LogP contribution in [0.3, 0.4) is 0 Å². The van der Waals surface area contributed by atoms with E-state index in [1.807, 2.05) is 6.08 Å². The fourth-order valence-corrected chi connectivity index (χ4v) is 1.86. The second kappa shape index (κ2) is 4.15. The van der Waals surface area contributed by atoms with Gasteiger partial charge in [0.05, 0.1) is 6.20 Å². The van der Waals surface area contributed by atoms with Crippen molar-refractivity contribution in [2.24, 2.45) is 10.7 Å². The van der Waals surface area contributed by atoms with Gasteiger partial charge in [0.25, 0.3) is 0 Å². The number of rotatable bonds is 3. The third-order valence-corrected chi connectivity index (χ3v) is 2.37. The lowest BCUT2D eigenvalue weighted by Crippen LogP contribution is -2.63. The first-order valence-electron chi connectivity index (χ1n) is 5.28. The summed E-state index contributed by atoms with van der Waals surface area (Å²) in [6.07, 6.45) is 7.50. The number of hydrazine groups is 1. The summed E-state index contributed by atoms with van der Waals surface area (Å²) in [7, 11) is 0. The summed E-state index contributed by atoms with van der Waals surface area (Å²) in [6.45, 7) is 4.14. The first kappa shape index (κ1) is 11.0. The van der Waals surface area contributed by atoms with Crippen LogP contribution in [0.2, 0.25) is 0 Å². The van der Waals surface area contributed by atoms with E-state index in [1.54, 1.807) is 23.8 Å².